The van der Waals surface area contributed by atoms with Gasteiger partial charge in [0.2, 0.25) is 0 Å². The van der Waals surface area contributed by atoms with Crippen molar-refractivity contribution >= 4 is 35.0 Å². The van der Waals surface area contributed by atoms with Crippen molar-refractivity contribution in [2.75, 3.05) is 0 Å². The Morgan fingerprint density at radius 1 is 1.33 bits per heavy atom. The lowest BCUT2D eigenvalue weighted by atomic mass is 9.95. The lowest BCUT2D eigenvalue weighted by molar-refractivity contribution is -0.140. The molecule has 0 fully saturated rings. The molecule has 24 heavy (non-hydrogen) atoms. The van der Waals surface area contributed by atoms with Crippen LogP contribution in [0.3, 0.4) is 0 Å². The molecule has 0 aliphatic heterocycles. The van der Waals surface area contributed by atoms with Crippen LogP contribution < -0.4 is 0 Å². The molecule has 126 valence electrons. The zero-order chi connectivity index (χ0) is 17.3. The summed E-state index contributed by atoms with van der Waals surface area (Å²) in [5, 5.41) is 22.8. The highest BCUT2D eigenvalue weighted by atomic mass is 35.5. The van der Waals surface area contributed by atoms with Crippen LogP contribution in [-0.4, -0.2) is 26.6 Å². The van der Waals surface area contributed by atoms with Crippen LogP contribution in [-0.2, 0) is 11.2 Å². The number of halogens is 1. The van der Waals surface area contributed by atoms with Crippen LogP contribution in [0.15, 0.2) is 45.4 Å². The van der Waals surface area contributed by atoms with Gasteiger partial charge in [-0.2, -0.15) is 0 Å². The number of hydrogen-bond donors (Lipinski definition) is 2. The zero-order valence-electron chi connectivity index (χ0n) is 13.1. The minimum Gasteiger partial charge on any atom is -0.480 e. The molecule has 0 amide bonds. The second kappa shape index (κ2) is 6.91. The minimum absolute atomic E-state index is 0.615. The van der Waals surface area contributed by atoms with Gasteiger partial charge in [0, 0.05) is 32.3 Å². The number of nitrogens with zero attached hydrogens (tertiary/aromatic N) is 2. The number of fused-ring (bicyclic) bond motifs is 1. The van der Waals surface area contributed by atoms with E-state index < -0.39 is 12.0 Å². The third-order valence-electron chi connectivity index (χ3n) is 4.16. The second-order valence-electron chi connectivity index (χ2n) is 5.69. The van der Waals surface area contributed by atoms with E-state index >= 15 is 0 Å². The number of oxime groups is 1. The SMILES string of the molecule is CC(C(=O)O)n1cc(Sc2ccc(Cl)cc2)c2c1CCCC2=NO. The highest BCUT2D eigenvalue weighted by Gasteiger charge is 2.28. The van der Waals surface area contributed by atoms with Crippen LogP contribution in [0.5, 0.6) is 0 Å². The second-order valence-corrected chi connectivity index (χ2v) is 7.24. The Labute approximate surface area is 148 Å². The van der Waals surface area contributed by atoms with E-state index in [1.165, 1.54) is 11.8 Å². The molecule has 1 aromatic carbocycles. The Morgan fingerprint density at radius 3 is 2.67 bits per heavy atom. The zero-order valence-corrected chi connectivity index (χ0v) is 14.6. The van der Waals surface area contributed by atoms with Crippen molar-refractivity contribution in [2.45, 2.75) is 42.0 Å². The predicted octanol–water partition coefficient (Wildman–Crippen LogP) is 4.45. The fourth-order valence-electron chi connectivity index (χ4n) is 2.92. The van der Waals surface area contributed by atoms with E-state index in [0.29, 0.717) is 17.2 Å². The van der Waals surface area contributed by atoms with Crippen molar-refractivity contribution in [2.24, 2.45) is 5.16 Å². The Balaban J connectivity index is 2.08. The summed E-state index contributed by atoms with van der Waals surface area (Å²) in [6.45, 7) is 1.66. The highest BCUT2D eigenvalue weighted by Crippen LogP contribution is 2.38. The van der Waals surface area contributed by atoms with E-state index in [-0.39, 0.29) is 0 Å². The molecule has 0 spiro atoms. The van der Waals surface area contributed by atoms with Gasteiger partial charge in [0.05, 0.1) is 5.71 Å². The monoisotopic (exact) mass is 364 g/mol. The fourth-order valence-corrected chi connectivity index (χ4v) is 4.08. The standard InChI is InChI=1S/C17H17ClN2O3S/c1-10(17(21)22)20-9-15(24-12-7-5-11(18)6-8-12)16-13(19-23)3-2-4-14(16)20/h5-10,23H,2-4H2,1H3,(H,21,22). The molecule has 7 heteroatoms. The van der Waals surface area contributed by atoms with Crippen molar-refractivity contribution in [1.82, 2.24) is 4.57 Å². The summed E-state index contributed by atoms with van der Waals surface area (Å²) in [5.41, 5.74) is 2.39. The summed E-state index contributed by atoms with van der Waals surface area (Å²) in [6, 6.07) is 6.78. The van der Waals surface area contributed by atoms with E-state index in [0.717, 1.165) is 33.9 Å². The molecule has 1 aliphatic carbocycles. The van der Waals surface area contributed by atoms with Gasteiger partial charge in [-0.05, 0) is 50.5 Å². The van der Waals surface area contributed by atoms with Crippen LogP contribution in [0, 0.1) is 0 Å². The minimum atomic E-state index is -0.885. The van der Waals surface area contributed by atoms with Crippen molar-refractivity contribution in [3.8, 4) is 0 Å². The van der Waals surface area contributed by atoms with E-state index in [9.17, 15) is 15.1 Å². The van der Waals surface area contributed by atoms with E-state index in [4.69, 9.17) is 11.6 Å². The van der Waals surface area contributed by atoms with Crippen LogP contribution in [0.4, 0.5) is 0 Å². The largest absolute Gasteiger partial charge is 0.480 e. The fraction of sp³-hybridized carbons (Fsp3) is 0.294. The first kappa shape index (κ1) is 16.9. The van der Waals surface area contributed by atoms with E-state index in [1.54, 1.807) is 11.5 Å². The van der Waals surface area contributed by atoms with Gasteiger partial charge in [-0.1, -0.05) is 28.5 Å². The molecule has 2 aromatic rings. The normalized spacial score (nSPS) is 16.8. The average molecular weight is 365 g/mol. The van der Waals surface area contributed by atoms with Crippen LogP contribution >= 0.6 is 23.4 Å². The maximum absolute atomic E-state index is 11.4. The molecule has 1 unspecified atom stereocenters. The quantitative estimate of drug-likeness (QED) is 0.620. The lowest BCUT2D eigenvalue weighted by Crippen LogP contribution is -2.20. The number of hydrogen-bond acceptors (Lipinski definition) is 4. The molecule has 1 aliphatic rings. The topological polar surface area (TPSA) is 74.8 Å². The molecule has 0 saturated heterocycles. The van der Waals surface area contributed by atoms with Gasteiger partial charge < -0.3 is 14.9 Å². The molecule has 1 aromatic heterocycles. The Kier molecular flexibility index (Phi) is 4.87. The van der Waals surface area contributed by atoms with Crippen molar-refractivity contribution in [3.63, 3.8) is 0 Å². The van der Waals surface area contributed by atoms with Gasteiger partial charge in [0.25, 0.3) is 0 Å². The number of aliphatic carboxylic acids is 1. The average Bonchev–Trinajstić information content (AvgIpc) is 2.94. The lowest BCUT2D eigenvalue weighted by Gasteiger charge is -2.19. The maximum Gasteiger partial charge on any atom is 0.326 e. The van der Waals surface area contributed by atoms with Gasteiger partial charge >= 0.3 is 5.97 Å². The van der Waals surface area contributed by atoms with Gasteiger partial charge in [0.1, 0.15) is 6.04 Å². The molecular weight excluding hydrogens is 348 g/mol. The molecule has 3 rings (SSSR count). The smallest absolute Gasteiger partial charge is 0.326 e. The number of carboxylic acid groups (broad SMARTS) is 1. The Hall–Kier alpha value is -1.92. The molecule has 0 saturated carbocycles. The van der Waals surface area contributed by atoms with Gasteiger partial charge in [0.15, 0.2) is 0 Å². The summed E-state index contributed by atoms with van der Waals surface area (Å²) in [6.07, 6.45) is 4.14. The van der Waals surface area contributed by atoms with Crippen LogP contribution in [0.2, 0.25) is 5.02 Å². The molecule has 0 radical (unpaired) electrons. The first-order valence-corrected chi connectivity index (χ1v) is 8.82. The third kappa shape index (κ3) is 3.16. The van der Waals surface area contributed by atoms with Gasteiger partial charge in [-0.3, -0.25) is 0 Å². The molecule has 1 heterocycles. The first-order chi connectivity index (χ1) is 11.5. The number of carbonyl (C=O) groups is 1. The molecular formula is C17H17ClN2O3S. The van der Waals surface area contributed by atoms with E-state index in [1.807, 2.05) is 30.5 Å². The molecule has 5 nitrogen and oxygen atoms in total. The van der Waals surface area contributed by atoms with Crippen molar-refractivity contribution in [3.05, 3.63) is 46.7 Å². The van der Waals surface area contributed by atoms with Crippen molar-refractivity contribution < 1.29 is 15.1 Å². The van der Waals surface area contributed by atoms with Crippen LogP contribution in [0.25, 0.3) is 0 Å². The summed E-state index contributed by atoms with van der Waals surface area (Å²) in [4.78, 5) is 13.3. The van der Waals surface area contributed by atoms with Crippen LogP contribution in [0.1, 0.15) is 37.1 Å². The highest BCUT2D eigenvalue weighted by molar-refractivity contribution is 7.99. The molecule has 0 bridgehead atoms. The van der Waals surface area contributed by atoms with Gasteiger partial charge in [-0.15, -0.1) is 0 Å². The molecule has 2 N–H and O–H groups in total. The summed E-state index contributed by atoms with van der Waals surface area (Å²) in [5.74, 6) is -0.885. The maximum atomic E-state index is 11.4. The predicted molar refractivity (Wildman–Crippen MR) is 93.6 cm³/mol. The van der Waals surface area contributed by atoms with Crippen molar-refractivity contribution in [1.29, 1.82) is 0 Å². The summed E-state index contributed by atoms with van der Waals surface area (Å²) in [7, 11) is 0. The first-order valence-electron chi connectivity index (χ1n) is 7.62. The summed E-state index contributed by atoms with van der Waals surface area (Å²) < 4.78 is 1.78. The number of rotatable bonds is 4. The number of benzene rings is 1. The summed E-state index contributed by atoms with van der Waals surface area (Å²) >= 11 is 7.44. The Morgan fingerprint density at radius 2 is 2.04 bits per heavy atom. The Bertz CT molecular complexity index is 799. The third-order valence-corrected chi connectivity index (χ3v) is 5.44. The number of carboxylic acids is 1. The molecule has 1 atom stereocenters. The van der Waals surface area contributed by atoms with E-state index in [2.05, 4.69) is 5.16 Å². The number of aromatic nitrogens is 1. The van der Waals surface area contributed by atoms with Gasteiger partial charge in [-0.25, -0.2) is 4.79 Å².